The molecule has 0 heterocycles. The van der Waals surface area contributed by atoms with Gasteiger partial charge in [-0.15, -0.1) is 0 Å². The lowest BCUT2D eigenvalue weighted by Crippen LogP contribution is -1.71. The van der Waals surface area contributed by atoms with Gasteiger partial charge in [-0.3, -0.25) is 0 Å². The maximum absolute atomic E-state index is 3.71. The average Bonchev–Trinajstić information content (AvgIpc) is 1.61. The molecule has 0 unspecified atom stereocenters. The Labute approximate surface area is 44.3 Å². The van der Waals surface area contributed by atoms with Crippen LogP contribution in [0.1, 0.15) is 12.8 Å². The van der Waals surface area contributed by atoms with E-state index in [2.05, 4.69) is 13.2 Å². The van der Waals surface area contributed by atoms with Crippen molar-refractivity contribution in [2.75, 3.05) is 12.0 Å². The van der Waals surface area contributed by atoms with E-state index < -0.39 is 0 Å². The smallest absolute Gasteiger partial charge is 0.00703 e. The van der Waals surface area contributed by atoms with Crippen LogP contribution in [0.2, 0.25) is 0 Å². The second kappa shape index (κ2) is 5.35. The summed E-state index contributed by atoms with van der Waals surface area (Å²) >= 11 is 1.89. The highest BCUT2D eigenvalue weighted by Crippen LogP contribution is 1.96. The molecule has 0 aliphatic carbocycles. The summed E-state index contributed by atoms with van der Waals surface area (Å²) in [6, 6.07) is 0. The Morgan fingerprint density at radius 1 is 1.67 bits per heavy atom. The molecule has 0 aromatic heterocycles. The van der Waals surface area contributed by atoms with Gasteiger partial charge in [0.2, 0.25) is 0 Å². The fourth-order valence-electron chi connectivity index (χ4n) is 0.246. The zero-order chi connectivity index (χ0) is 4.83. The van der Waals surface area contributed by atoms with E-state index in [0.29, 0.717) is 0 Å². The molecule has 0 bridgehead atoms. The largest absolute Gasteiger partial charge is 0.165 e. The lowest BCUT2D eigenvalue weighted by atomic mass is 10.4. The standard InChI is InChI=1S/C5H11S/c1-3-4-5-6-2/h1,3-5H2,2H3. The lowest BCUT2D eigenvalue weighted by Gasteiger charge is -1.86. The fraction of sp³-hybridized carbons (Fsp3) is 0.800. The summed E-state index contributed by atoms with van der Waals surface area (Å²) in [6.07, 6.45) is 4.47. The van der Waals surface area contributed by atoms with Crippen LogP contribution >= 0.6 is 11.8 Å². The Hall–Kier alpha value is 0.350. The molecule has 0 spiro atoms. The second-order valence-corrected chi connectivity index (χ2v) is 2.19. The van der Waals surface area contributed by atoms with Crippen molar-refractivity contribution in [1.82, 2.24) is 0 Å². The number of thioether (sulfide) groups is 1. The molecule has 37 valence electrons. The minimum Gasteiger partial charge on any atom is -0.165 e. The lowest BCUT2D eigenvalue weighted by molar-refractivity contribution is 0.971. The molecular formula is C5H11S. The third kappa shape index (κ3) is 4.35. The van der Waals surface area contributed by atoms with Crippen LogP contribution in [-0.4, -0.2) is 12.0 Å². The van der Waals surface area contributed by atoms with E-state index in [1.165, 1.54) is 12.2 Å². The Kier molecular flexibility index (Phi) is 5.66. The first-order valence-electron chi connectivity index (χ1n) is 2.20. The normalized spacial score (nSPS) is 9.00. The molecule has 0 aliphatic heterocycles. The maximum Gasteiger partial charge on any atom is -0.00703 e. The molecule has 0 atom stereocenters. The summed E-state index contributed by atoms with van der Waals surface area (Å²) in [5, 5.41) is 0. The summed E-state index contributed by atoms with van der Waals surface area (Å²) in [4.78, 5) is 0. The molecular weight excluding hydrogens is 92.1 g/mol. The Morgan fingerprint density at radius 3 is 2.50 bits per heavy atom. The van der Waals surface area contributed by atoms with Gasteiger partial charge in [-0.05, 0) is 18.4 Å². The van der Waals surface area contributed by atoms with Gasteiger partial charge in [0, 0.05) is 0 Å². The van der Waals surface area contributed by atoms with Gasteiger partial charge in [0.25, 0.3) is 0 Å². The molecule has 0 aromatic rings. The predicted molar refractivity (Wildman–Crippen MR) is 33.0 cm³/mol. The summed E-state index contributed by atoms with van der Waals surface area (Å²) in [7, 11) is 0. The Balaban J connectivity index is 2.34. The van der Waals surface area contributed by atoms with E-state index in [1.807, 2.05) is 11.8 Å². The van der Waals surface area contributed by atoms with Crippen LogP contribution in [0, 0.1) is 6.92 Å². The van der Waals surface area contributed by atoms with Gasteiger partial charge in [0.15, 0.2) is 0 Å². The molecule has 0 N–H and O–H groups in total. The van der Waals surface area contributed by atoms with E-state index in [1.54, 1.807) is 0 Å². The van der Waals surface area contributed by atoms with Crippen molar-refractivity contribution in [3.8, 4) is 0 Å². The molecule has 6 heavy (non-hydrogen) atoms. The summed E-state index contributed by atoms with van der Waals surface area (Å²) in [6.45, 7) is 3.71. The van der Waals surface area contributed by atoms with Crippen LogP contribution in [0.5, 0.6) is 0 Å². The predicted octanol–water partition coefficient (Wildman–Crippen LogP) is 1.96. The van der Waals surface area contributed by atoms with Crippen LogP contribution in [0.3, 0.4) is 0 Å². The van der Waals surface area contributed by atoms with Crippen LogP contribution in [0.4, 0.5) is 0 Å². The highest BCUT2D eigenvalue weighted by Gasteiger charge is 1.75. The van der Waals surface area contributed by atoms with Gasteiger partial charge in [-0.2, -0.15) is 11.8 Å². The number of hydrogen-bond donors (Lipinski definition) is 0. The molecule has 0 amide bonds. The number of rotatable bonds is 3. The van der Waals surface area contributed by atoms with Gasteiger partial charge >= 0.3 is 0 Å². The van der Waals surface area contributed by atoms with E-state index in [-0.39, 0.29) is 0 Å². The summed E-state index contributed by atoms with van der Waals surface area (Å²) in [5.41, 5.74) is 0. The third-order valence-electron chi connectivity index (χ3n) is 0.598. The minimum absolute atomic E-state index is 1.08. The first-order valence-corrected chi connectivity index (χ1v) is 3.59. The van der Waals surface area contributed by atoms with Crippen molar-refractivity contribution >= 4 is 11.8 Å². The van der Waals surface area contributed by atoms with E-state index in [4.69, 9.17) is 0 Å². The monoisotopic (exact) mass is 103 g/mol. The topological polar surface area (TPSA) is 0 Å². The van der Waals surface area contributed by atoms with Gasteiger partial charge < -0.3 is 0 Å². The van der Waals surface area contributed by atoms with Crippen LogP contribution in [-0.2, 0) is 0 Å². The SMILES string of the molecule is [CH2]CCCSC. The van der Waals surface area contributed by atoms with Crippen molar-refractivity contribution in [3.05, 3.63) is 6.92 Å². The van der Waals surface area contributed by atoms with Gasteiger partial charge in [0.05, 0.1) is 0 Å². The Morgan fingerprint density at radius 2 is 2.33 bits per heavy atom. The second-order valence-electron chi connectivity index (χ2n) is 1.20. The van der Waals surface area contributed by atoms with Crippen molar-refractivity contribution in [2.24, 2.45) is 0 Å². The van der Waals surface area contributed by atoms with E-state index in [0.717, 1.165) is 6.42 Å². The molecule has 1 radical (unpaired) electrons. The first kappa shape index (κ1) is 6.35. The van der Waals surface area contributed by atoms with Gasteiger partial charge in [-0.1, -0.05) is 13.3 Å². The highest BCUT2D eigenvalue weighted by molar-refractivity contribution is 7.98. The van der Waals surface area contributed by atoms with Crippen molar-refractivity contribution < 1.29 is 0 Å². The number of unbranched alkanes of at least 4 members (excludes halogenated alkanes) is 1. The molecule has 0 saturated carbocycles. The van der Waals surface area contributed by atoms with E-state index >= 15 is 0 Å². The molecule has 0 fully saturated rings. The Bertz CT molecular complexity index is 15.9. The molecule has 0 nitrogen and oxygen atoms in total. The summed E-state index contributed by atoms with van der Waals surface area (Å²) in [5.74, 6) is 1.27. The zero-order valence-corrected chi connectivity index (χ0v) is 5.05. The quantitative estimate of drug-likeness (QED) is 0.492. The first-order chi connectivity index (χ1) is 2.91. The summed E-state index contributed by atoms with van der Waals surface area (Å²) < 4.78 is 0. The maximum atomic E-state index is 3.71. The molecule has 0 rings (SSSR count). The minimum atomic E-state index is 1.08. The van der Waals surface area contributed by atoms with Crippen LogP contribution in [0.25, 0.3) is 0 Å². The van der Waals surface area contributed by atoms with Crippen molar-refractivity contribution in [2.45, 2.75) is 12.8 Å². The zero-order valence-electron chi connectivity index (χ0n) is 4.24. The fourth-order valence-corrected chi connectivity index (χ4v) is 0.739. The molecule has 0 aromatic carbocycles. The third-order valence-corrected chi connectivity index (χ3v) is 1.30. The number of hydrogen-bond acceptors (Lipinski definition) is 1. The molecule has 1 heteroatoms. The van der Waals surface area contributed by atoms with Crippen molar-refractivity contribution in [3.63, 3.8) is 0 Å². The van der Waals surface area contributed by atoms with Crippen LogP contribution < -0.4 is 0 Å². The van der Waals surface area contributed by atoms with Crippen LogP contribution in [0.15, 0.2) is 0 Å². The highest BCUT2D eigenvalue weighted by atomic mass is 32.2. The molecule has 0 aliphatic rings. The van der Waals surface area contributed by atoms with Gasteiger partial charge in [-0.25, -0.2) is 0 Å². The average molecular weight is 103 g/mol. The van der Waals surface area contributed by atoms with Gasteiger partial charge in [0.1, 0.15) is 0 Å². The van der Waals surface area contributed by atoms with E-state index in [9.17, 15) is 0 Å². The molecule has 0 saturated heterocycles. The van der Waals surface area contributed by atoms with Crippen molar-refractivity contribution in [1.29, 1.82) is 0 Å².